The summed E-state index contributed by atoms with van der Waals surface area (Å²) in [4.78, 5) is 3.90. The summed E-state index contributed by atoms with van der Waals surface area (Å²) in [6, 6.07) is 3.08. The molecule has 0 aliphatic heterocycles. The summed E-state index contributed by atoms with van der Waals surface area (Å²) in [6.45, 7) is 12.0. The van der Waals surface area contributed by atoms with Gasteiger partial charge in [0.2, 0.25) is 0 Å². The summed E-state index contributed by atoms with van der Waals surface area (Å²) < 4.78 is 12.4. The highest BCUT2D eigenvalue weighted by atomic mass is 19.1. The summed E-state index contributed by atoms with van der Waals surface area (Å²) in [6.07, 6.45) is 8.49. The van der Waals surface area contributed by atoms with Crippen LogP contribution < -0.4 is 0 Å². The van der Waals surface area contributed by atoms with Gasteiger partial charge in [-0.2, -0.15) is 0 Å². The van der Waals surface area contributed by atoms with Crippen LogP contribution in [0.15, 0.2) is 12.1 Å². The van der Waals surface area contributed by atoms with Crippen molar-refractivity contribution in [2.75, 3.05) is 0 Å². The third-order valence-electron chi connectivity index (χ3n) is 2.62. The van der Waals surface area contributed by atoms with E-state index in [9.17, 15) is 4.39 Å². The molecule has 0 aromatic carbocycles. The summed E-state index contributed by atoms with van der Waals surface area (Å²) in [5.41, 5.74) is 1.32. The zero-order valence-corrected chi connectivity index (χ0v) is 13.7. The highest BCUT2D eigenvalue weighted by Crippen LogP contribution is 2.03. The predicted octanol–water partition coefficient (Wildman–Crippen LogP) is 6.23. The number of halogens is 1. The molecule has 0 spiro atoms. The van der Waals surface area contributed by atoms with E-state index in [1.807, 2.05) is 20.8 Å². The Hall–Kier alpha value is -0.920. The second-order valence-electron chi connectivity index (χ2n) is 4.43. The van der Waals surface area contributed by atoms with Gasteiger partial charge in [0, 0.05) is 5.69 Å². The quantitative estimate of drug-likeness (QED) is 0.577. The lowest BCUT2D eigenvalue weighted by Gasteiger charge is -1.94. The van der Waals surface area contributed by atoms with Gasteiger partial charge in [0.15, 0.2) is 0 Å². The predicted molar refractivity (Wildman–Crippen MR) is 84.1 cm³/mol. The van der Waals surface area contributed by atoms with Gasteiger partial charge in [0.25, 0.3) is 0 Å². The molecule has 19 heavy (non-hydrogen) atoms. The Morgan fingerprint density at radius 2 is 1.37 bits per heavy atom. The number of aromatic nitrogens is 1. The lowest BCUT2D eigenvalue weighted by atomic mass is 10.1. The zero-order valence-electron chi connectivity index (χ0n) is 13.7. The molecule has 0 aliphatic carbocycles. The normalized spacial score (nSPS) is 9.00. The van der Waals surface area contributed by atoms with Gasteiger partial charge in [0.1, 0.15) is 5.82 Å². The molecular weight excluding hydrogens is 237 g/mol. The fraction of sp³-hybridized carbons (Fsp3) is 0.706. The van der Waals surface area contributed by atoms with Crippen LogP contribution in [0.3, 0.4) is 0 Å². The Kier molecular flexibility index (Phi) is 16.3. The maximum absolute atomic E-state index is 12.4. The molecule has 0 bridgehead atoms. The molecule has 0 saturated heterocycles. The number of pyridine rings is 1. The van der Waals surface area contributed by atoms with E-state index in [0.717, 1.165) is 5.69 Å². The lowest BCUT2D eigenvalue weighted by Crippen LogP contribution is -1.88. The average molecular weight is 269 g/mol. The molecule has 1 aromatic heterocycles. The molecule has 0 unspecified atom stereocenters. The van der Waals surface area contributed by atoms with Crippen LogP contribution in [0.5, 0.6) is 0 Å². The Morgan fingerprint density at radius 1 is 0.895 bits per heavy atom. The topological polar surface area (TPSA) is 12.9 Å². The van der Waals surface area contributed by atoms with Crippen molar-refractivity contribution in [2.24, 2.45) is 0 Å². The van der Waals surface area contributed by atoms with E-state index in [1.165, 1.54) is 44.6 Å². The standard InChI is InChI=1S/C8H18.C7H8FN.C2H6/c1-3-5-7-8-6-4-2;1-5-3-4-7(8)6(2)9-5;1-2/h3-8H2,1-2H3;3-4H,1-2H3;1-2H3. The summed E-state index contributed by atoms with van der Waals surface area (Å²) in [7, 11) is 0. The molecule has 0 radical (unpaired) electrons. The lowest BCUT2D eigenvalue weighted by molar-refractivity contribution is 0.608. The van der Waals surface area contributed by atoms with E-state index in [1.54, 1.807) is 13.0 Å². The van der Waals surface area contributed by atoms with E-state index in [-0.39, 0.29) is 5.82 Å². The Labute approximate surface area is 119 Å². The molecule has 1 rings (SSSR count). The second kappa shape index (κ2) is 15.1. The van der Waals surface area contributed by atoms with Crippen molar-refractivity contribution in [3.63, 3.8) is 0 Å². The van der Waals surface area contributed by atoms with Gasteiger partial charge in [-0.1, -0.05) is 66.2 Å². The van der Waals surface area contributed by atoms with Gasteiger partial charge in [-0.3, -0.25) is 4.98 Å². The highest BCUT2D eigenvalue weighted by molar-refractivity contribution is 5.10. The van der Waals surface area contributed by atoms with E-state index >= 15 is 0 Å². The fourth-order valence-corrected chi connectivity index (χ4v) is 1.52. The number of hydrogen-bond acceptors (Lipinski definition) is 1. The van der Waals surface area contributed by atoms with Crippen molar-refractivity contribution in [3.8, 4) is 0 Å². The maximum atomic E-state index is 12.4. The first kappa shape index (κ1) is 20.4. The van der Waals surface area contributed by atoms with Gasteiger partial charge < -0.3 is 0 Å². The van der Waals surface area contributed by atoms with Crippen molar-refractivity contribution in [1.29, 1.82) is 0 Å². The first-order valence-electron chi connectivity index (χ1n) is 7.71. The minimum absolute atomic E-state index is 0.236. The van der Waals surface area contributed by atoms with Crippen LogP contribution >= 0.6 is 0 Å². The van der Waals surface area contributed by atoms with Gasteiger partial charge in [-0.05, 0) is 26.0 Å². The Bertz CT molecular complexity index is 291. The number of unbranched alkanes of at least 4 members (excludes halogenated alkanes) is 5. The largest absolute Gasteiger partial charge is 0.255 e. The Morgan fingerprint density at radius 3 is 1.68 bits per heavy atom. The molecule has 2 heteroatoms. The monoisotopic (exact) mass is 269 g/mol. The second-order valence-corrected chi connectivity index (χ2v) is 4.43. The van der Waals surface area contributed by atoms with Crippen molar-refractivity contribution >= 4 is 0 Å². The number of nitrogens with zero attached hydrogens (tertiary/aromatic N) is 1. The molecule has 0 fully saturated rings. The van der Waals surface area contributed by atoms with E-state index in [0.29, 0.717) is 5.69 Å². The van der Waals surface area contributed by atoms with Crippen LogP contribution in [-0.2, 0) is 0 Å². The molecule has 0 aliphatic rings. The molecule has 0 saturated carbocycles. The van der Waals surface area contributed by atoms with Crippen molar-refractivity contribution in [3.05, 3.63) is 29.3 Å². The molecular formula is C17H32FN. The first-order chi connectivity index (χ1) is 9.11. The van der Waals surface area contributed by atoms with Crippen molar-refractivity contribution < 1.29 is 4.39 Å². The smallest absolute Gasteiger partial charge is 0.144 e. The maximum Gasteiger partial charge on any atom is 0.144 e. The van der Waals surface area contributed by atoms with Crippen LogP contribution in [0, 0.1) is 19.7 Å². The number of hydrogen-bond donors (Lipinski definition) is 0. The fourth-order valence-electron chi connectivity index (χ4n) is 1.52. The summed E-state index contributed by atoms with van der Waals surface area (Å²) in [5, 5.41) is 0. The van der Waals surface area contributed by atoms with Crippen LogP contribution in [0.4, 0.5) is 4.39 Å². The van der Waals surface area contributed by atoms with E-state index < -0.39 is 0 Å². The van der Waals surface area contributed by atoms with Crippen LogP contribution in [0.2, 0.25) is 0 Å². The number of aryl methyl sites for hydroxylation is 2. The van der Waals surface area contributed by atoms with Gasteiger partial charge in [0.05, 0.1) is 5.69 Å². The van der Waals surface area contributed by atoms with Gasteiger partial charge in [-0.15, -0.1) is 0 Å². The molecule has 0 N–H and O–H groups in total. The van der Waals surface area contributed by atoms with Crippen LogP contribution in [0.25, 0.3) is 0 Å². The summed E-state index contributed by atoms with van der Waals surface area (Å²) >= 11 is 0. The molecule has 1 aromatic rings. The minimum atomic E-state index is -0.236. The highest BCUT2D eigenvalue weighted by Gasteiger charge is 1.94. The molecule has 1 nitrogen and oxygen atoms in total. The molecule has 1 heterocycles. The van der Waals surface area contributed by atoms with E-state index in [2.05, 4.69) is 18.8 Å². The van der Waals surface area contributed by atoms with Crippen LogP contribution in [0.1, 0.15) is 77.6 Å². The average Bonchev–Trinajstić information content (AvgIpc) is 2.43. The van der Waals surface area contributed by atoms with Crippen LogP contribution in [-0.4, -0.2) is 4.98 Å². The first-order valence-corrected chi connectivity index (χ1v) is 7.71. The van der Waals surface area contributed by atoms with E-state index in [4.69, 9.17) is 0 Å². The molecule has 0 amide bonds. The third-order valence-corrected chi connectivity index (χ3v) is 2.62. The summed E-state index contributed by atoms with van der Waals surface area (Å²) in [5.74, 6) is -0.236. The zero-order chi connectivity index (χ0) is 15.1. The molecule has 112 valence electrons. The van der Waals surface area contributed by atoms with Crippen molar-refractivity contribution in [1.82, 2.24) is 4.98 Å². The third kappa shape index (κ3) is 13.3. The molecule has 0 atom stereocenters. The number of rotatable bonds is 5. The Balaban J connectivity index is 0. The van der Waals surface area contributed by atoms with Crippen molar-refractivity contribution in [2.45, 2.75) is 80.1 Å². The SMILES string of the molecule is CC.CCCCCCCC.Cc1ccc(F)c(C)n1. The van der Waals surface area contributed by atoms with Gasteiger partial charge in [-0.25, -0.2) is 4.39 Å². The minimum Gasteiger partial charge on any atom is -0.255 e. The van der Waals surface area contributed by atoms with Gasteiger partial charge >= 0.3 is 0 Å².